The van der Waals surface area contributed by atoms with Gasteiger partial charge in [-0.2, -0.15) is 0 Å². The molecule has 13 nitrogen and oxygen atoms in total. The lowest BCUT2D eigenvalue weighted by Gasteiger charge is -2.57. The maximum atomic E-state index is 11.7. The van der Waals surface area contributed by atoms with E-state index < -0.39 is 29.2 Å². The molecule has 1 aliphatic heterocycles. The summed E-state index contributed by atoms with van der Waals surface area (Å²) in [5, 5.41) is 12.7. The molecule has 4 bridgehead atoms. The van der Waals surface area contributed by atoms with E-state index in [-0.39, 0.29) is 46.8 Å². The fraction of sp³-hybridized carbons (Fsp3) is 0.581. The fourth-order valence-corrected chi connectivity index (χ4v) is 11.0. The Bertz CT molecular complexity index is 2430. The molecule has 13 heteroatoms. The average molecular weight is 1040 g/mol. The van der Waals surface area contributed by atoms with Crippen molar-refractivity contribution in [3.63, 3.8) is 0 Å². The Morgan fingerprint density at radius 2 is 1.17 bits per heavy atom. The monoisotopic (exact) mass is 1040 g/mol. The van der Waals surface area contributed by atoms with Gasteiger partial charge in [0.15, 0.2) is 0 Å². The predicted molar refractivity (Wildman–Crippen MR) is 291 cm³/mol. The van der Waals surface area contributed by atoms with Crippen molar-refractivity contribution in [3.05, 3.63) is 109 Å². The third kappa shape index (κ3) is 17.4. The number of carbonyl (C=O) groups excluding carboxylic acids is 6. The molecule has 2 aromatic rings. The summed E-state index contributed by atoms with van der Waals surface area (Å²) in [7, 11) is 0. The molecule has 1 N–H and O–H groups in total. The molecule has 0 aromatic heterocycles. The third-order valence-electron chi connectivity index (χ3n) is 15.3. The average Bonchev–Trinajstić information content (AvgIpc) is 4.12. The van der Waals surface area contributed by atoms with Crippen LogP contribution < -0.4 is 0 Å². The molecule has 9 rings (SSSR count). The number of cyclic esters (lactones) is 1. The van der Waals surface area contributed by atoms with Gasteiger partial charge in [0, 0.05) is 34.3 Å². The highest BCUT2D eigenvalue weighted by Gasteiger charge is 2.56. The number of rotatable bonds is 13. The highest BCUT2D eigenvalue weighted by Crippen LogP contribution is 2.56. The molecule has 0 radical (unpaired) electrons. The number of esters is 6. The zero-order valence-corrected chi connectivity index (χ0v) is 46.7. The van der Waals surface area contributed by atoms with Crippen LogP contribution in [0.15, 0.2) is 103 Å². The number of aliphatic hydroxyl groups is 1. The van der Waals surface area contributed by atoms with Gasteiger partial charge in [0.05, 0.1) is 12.2 Å². The van der Waals surface area contributed by atoms with Crippen LogP contribution in [0.4, 0.5) is 0 Å². The molecule has 1 heterocycles. The van der Waals surface area contributed by atoms with Crippen LogP contribution in [0, 0.1) is 23.7 Å². The topological polar surface area (TPSA) is 178 Å². The summed E-state index contributed by atoms with van der Waals surface area (Å²) in [6, 6.07) is 14.2. The van der Waals surface area contributed by atoms with Crippen molar-refractivity contribution >= 4 is 46.6 Å². The number of fused-ring (bicyclic) bond motifs is 1. The van der Waals surface area contributed by atoms with Gasteiger partial charge >= 0.3 is 35.8 Å². The minimum atomic E-state index is -0.728. The first-order valence-electron chi connectivity index (χ1n) is 26.8. The van der Waals surface area contributed by atoms with Gasteiger partial charge in [-0.3, -0.25) is 0 Å². The Labute approximate surface area is 446 Å². The van der Waals surface area contributed by atoms with Gasteiger partial charge in [-0.05, 0) is 184 Å². The first kappa shape index (κ1) is 61.7. The van der Waals surface area contributed by atoms with E-state index >= 15 is 0 Å². The molecule has 6 aliphatic carbocycles. The molecule has 412 valence electrons. The quantitative estimate of drug-likeness (QED) is 0.114. The summed E-state index contributed by atoms with van der Waals surface area (Å²) in [6.45, 7) is 36.5. The van der Waals surface area contributed by atoms with Crippen molar-refractivity contribution < 1.29 is 62.3 Å². The lowest BCUT2D eigenvalue weighted by atomic mass is 9.53. The van der Waals surface area contributed by atoms with Crippen molar-refractivity contribution in [1.82, 2.24) is 0 Å². The Hall–Kier alpha value is -5.82. The molecular weight excluding hydrogens is 953 g/mol. The predicted octanol–water partition coefficient (Wildman–Crippen LogP) is 12.6. The van der Waals surface area contributed by atoms with Gasteiger partial charge in [-0.15, -0.1) is 0 Å². The highest BCUT2D eigenvalue weighted by atomic mass is 16.6. The van der Waals surface area contributed by atoms with Crippen molar-refractivity contribution in [2.45, 2.75) is 200 Å². The second-order valence-corrected chi connectivity index (χ2v) is 22.7. The molecule has 3 atom stereocenters. The maximum absolute atomic E-state index is 11.7. The molecule has 7 fully saturated rings. The third-order valence-corrected chi connectivity index (χ3v) is 15.3. The van der Waals surface area contributed by atoms with Gasteiger partial charge < -0.3 is 33.5 Å². The molecule has 2 aromatic carbocycles. The molecule has 3 unspecified atom stereocenters. The van der Waals surface area contributed by atoms with E-state index in [1.807, 2.05) is 38.1 Å². The van der Waals surface area contributed by atoms with Crippen LogP contribution in [0.5, 0.6) is 0 Å². The van der Waals surface area contributed by atoms with E-state index in [1.54, 1.807) is 27.7 Å². The van der Waals surface area contributed by atoms with Crippen LogP contribution in [-0.4, -0.2) is 76.5 Å². The SMILES string of the molecule is C=C(C)C(=O)OC(C)(C)c1ccc2ccccc2c1.C=C(C)C(=O)OC1(C(C)C)CCCC1.C=C(C)C(=O)OC1(CC)CCCC1.C=C(C)C(=O)OC1C2CC3CC1CC(O)(C3)C2.C=C(C)C(=O)OC1CCOC1=O. The Morgan fingerprint density at radius 3 is 1.64 bits per heavy atom. The van der Waals surface area contributed by atoms with Gasteiger partial charge in [-0.1, -0.05) is 90.1 Å². The van der Waals surface area contributed by atoms with Crippen molar-refractivity contribution in [1.29, 1.82) is 0 Å². The van der Waals surface area contributed by atoms with Gasteiger partial charge in [0.2, 0.25) is 6.10 Å². The molecule has 0 amide bonds. The number of carbonyl (C=O) groups is 6. The van der Waals surface area contributed by atoms with Crippen molar-refractivity contribution in [2.24, 2.45) is 23.7 Å². The Morgan fingerprint density at radius 1 is 0.680 bits per heavy atom. The summed E-state index contributed by atoms with van der Waals surface area (Å²) in [5.74, 6) is -0.324. The van der Waals surface area contributed by atoms with Gasteiger partial charge in [0.25, 0.3) is 0 Å². The normalized spacial score (nSPS) is 24.1. The molecular formula is C62H86O13. The zero-order chi connectivity index (χ0) is 56.1. The number of hydrogen-bond acceptors (Lipinski definition) is 13. The van der Waals surface area contributed by atoms with Crippen LogP contribution in [0.1, 0.15) is 171 Å². The van der Waals surface area contributed by atoms with E-state index in [9.17, 15) is 33.9 Å². The van der Waals surface area contributed by atoms with E-state index in [4.69, 9.17) is 23.7 Å². The Balaban J connectivity index is 0.000000205. The summed E-state index contributed by atoms with van der Waals surface area (Å²) < 4.78 is 31.5. The van der Waals surface area contributed by atoms with Gasteiger partial charge in [-0.25, -0.2) is 28.8 Å². The summed E-state index contributed by atoms with van der Waals surface area (Å²) in [6.07, 6.45) is 14.2. The van der Waals surface area contributed by atoms with Crippen LogP contribution in [-0.2, 0) is 62.8 Å². The standard InChI is InChI=1S/C17H18O2.C14H20O3.C12H20O2.C11H18O2.C8H10O4/c1-12(2)16(18)19-17(3,4)15-10-9-13-7-5-6-8-14(13)11-15;1-8(2)13(15)17-12-10-3-9-4-11(12)7-14(16,5-9)6-10;1-9(2)11(13)14-12(10(3)4)7-5-6-8-12;1-4-11(7-5-6-8-11)13-10(12)9(2)3;1-5(2)7(9)12-6-3-4-11-8(6)10/h5-11H,1H2,2-4H3;9-12,16H,1,3-7H2,2H3;10H,1,5-8H2,2-4H3;2,4-8H2,1,3H3;6H,1,3-4H2,2H3. The highest BCUT2D eigenvalue weighted by molar-refractivity contribution is 5.90. The lowest BCUT2D eigenvalue weighted by Crippen LogP contribution is -2.57. The number of ether oxygens (including phenoxy) is 6. The van der Waals surface area contributed by atoms with Gasteiger partial charge in [0.1, 0.15) is 22.9 Å². The van der Waals surface area contributed by atoms with E-state index in [0.717, 1.165) is 75.2 Å². The van der Waals surface area contributed by atoms with E-state index in [0.29, 0.717) is 59.0 Å². The minimum absolute atomic E-state index is 0.0241. The molecule has 1 saturated heterocycles. The maximum Gasteiger partial charge on any atom is 0.347 e. The number of hydrogen-bond donors (Lipinski definition) is 1. The molecule has 0 spiro atoms. The van der Waals surface area contributed by atoms with E-state index in [1.165, 1.54) is 38.0 Å². The minimum Gasteiger partial charge on any atom is -0.463 e. The molecule has 7 aliphatic rings. The molecule has 6 saturated carbocycles. The molecule has 75 heavy (non-hydrogen) atoms. The Kier molecular flexibility index (Phi) is 22.0. The van der Waals surface area contributed by atoms with Crippen molar-refractivity contribution in [2.75, 3.05) is 6.61 Å². The second kappa shape index (κ2) is 26.8. The lowest BCUT2D eigenvalue weighted by molar-refractivity contribution is -0.195. The summed E-state index contributed by atoms with van der Waals surface area (Å²) in [4.78, 5) is 67.8. The van der Waals surface area contributed by atoms with Crippen LogP contribution in [0.25, 0.3) is 10.8 Å². The first-order valence-corrected chi connectivity index (χ1v) is 26.8. The zero-order valence-electron chi connectivity index (χ0n) is 46.7. The number of benzene rings is 2. The summed E-state index contributed by atoms with van der Waals surface area (Å²) >= 11 is 0. The largest absolute Gasteiger partial charge is 0.463 e. The summed E-state index contributed by atoms with van der Waals surface area (Å²) in [5.41, 5.74) is 1.63. The second-order valence-electron chi connectivity index (χ2n) is 22.7. The first-order chi connectivity index (χ1) is 35.0. The van der Waals surface area contributed by atoms with Crippen molar-refractivity contribution in [3.8, 4) is 0 Å². The van der Waals surface area contributed by atoms with Crippen LogP contribution >= 0.6 is 0 Å². The van der Waals surface area contributed by atoms with E-state index in [2.05, 4.69) is 76.6 Å². The van der Waals surface area contributed by atoms with Crippen LogP contribution in [0.3, 0.4) is 0 Å². The van der Waals surface area contributed by atoms with Crippen LogP contribution in [0.2, 0.25) is 0 Å². The smallest absolute Gasteiger partial charge is 0.347 e. The fourth-order valence-electron chi connectivity index (χ4n) is 11.0.